The molecule has 104 valence electrons. The van der Waals surface area contributed by atoms with E-state index in [1.165, 1.54) is 0 Å². The van der Waals surface area contributed by atoms with Crippen molar-refractivity contribution in [2.75, 3.05) is 30.4 Å². The van der Waals surface area contributed by atoms with E-state index in [1.807, 2.05) is 12.1 Å². The number of fused-ring (bicyclic) bond motifs is 1. The maximum absolute atomic E-state index is 12.0. The molecule has 1 amide bonds. The number of nitrogens with zero attached hydrogens (tertiary/aromatic N) is 1. The Hall–Kier alpha value is -1.69. The molecule has 0 aliphatic carbocycles. The Kier molecular flexibility index (Phi) is 4.31. The lowest BCUT2D eigenvalue weighted by Gasteiger charge is -2.17. The Bertz CT molecular complexity index is 466. The molecule has 2 N–H and O–H groups in total. The SMILES string of the molecule is Nc1ccc2c(c1)CCN2C(=O)CCOCC(F)F. The Balaban J connectivity index is 1.89. The molecule has 1 aliphatic heterocycles. The van der Waals surface area contributed by atoms with E-state index in [2.05, 4.69) is 0 Å². The summed E-state index contributed by atoms with van der Waals surface area (Å²) in [7, 11) is 0. The number of carbonyl (C=O) groups is 1. The largest absolute Gasteiger partial charge is 0.399 e. The van der Waals surface area contributed by atoms with Gasteiger partial charge in [-0.3, -0.25) is 4.79 Å². The molecule has 1 heterocycles. The van der Waals surface area contributed by atoms with E-state index < -0.39 is 13.0 Å². The molecule has 0 fully saturated rings. The Morgan fingerprint density at radius 3 is 3.00 bits per heavy atom. The minimum Gasteiger partial charge on any atom is -0.399 e. The third-order valence-corrected chi connectivity index (χ3v) is 3.00. The molecule has 19 heavy (non-hydrogen) atoms. The first kappa shape index (κ1) is 13.7. The summed E-state index contributed by atoms with van der Waals surface area (Å²) >= 11 is 0. The van der Waals surface area contributed by atoms with Crippen LogP contribution in [0.15, 0.2) is 18.2 Å². The van der Waals surface area contributed by atoms with Gasteiger partial charge < -0.3 is 15.4 Å². The first-order valence-corrected chi connectivity index (χ1v) is 6.12. The van der Waals surface area contributed by atoms with Crippen molar-refractivity contribution in [3.8, 4) is 0 Å². The Morgan fingerprint density at radius 2 is 2.26 bits per heavy atom. The molecule has 2 rings (SSSR count). The van der Waals surface area contributed by atoms with Crippen LogP contribution >= 0.6 is 0 Å². The lowest BCUT2D eigenvalue weighted by Crippen LogP contribution is -2.29. The number of hydrogen-bond acceptors (Lipinski definition) is 3. The smallest absolute Gasteiger partial charge is 0.261 e. The summed E-state index contributed by atoms with van der Waals surface area (Å²) in [6.45, 7) is -0.00313. The van der Waals surface area contributed by atoms with Crippen LogP contribution in [0.3, 0.4) is 0 Å². The van der Waals surface area contributed by atoms with Crippen molar-refractivity contribution in [2.45, 2.75) is 19.3 Å². The summed E-state index contributed by atoms with van der Waals surface area (Å²) in [5.74, 6) is -0.113. The van der Waals surface area contributed by atoms with Crippen LogP contribution in [0.5, 0.6) is 0 Å². The fourth-order valence-corrected chi connectivity index (χ4v) is 2.15. The van der Waals surface area contributed by atoms with E-state index >= 15 is 0 Å². The maximum Gasteiger partial charge on any atom is 0.261 e. The van der Waals surface area contributed by atoms with Gasteiger partial charge in [0.15, 0.2) is 0 Å². The average Bonchev–Trinajstić information content (AvgIpc) is 2.77. The zero-order chi connectivity index (χ0) is 13.8. The number of hydrogen-bond donors (Lipinski definition) is 1. The summed E-state index contributed by atoms with van der Waals surface area (Å²) in [5, 5.41) is 0. The number of halogens is 2. The highest BCUT2D eigenvalue weighted by atomic mass is 19.3. The Labute approximate surface area is 110 Å². The molecule has 0 saturated heterocycles. The molecular formula is C13H16F2N2O2. The van der Waals surface area contributed by atoms with Gasteiger partial charge in [-0.05, 0) is 30.2 Å². The highest BCUT2D eigenvalue weighted by Crippen LogP contribution is 2.29. The minimum absolute atomic E-state index is 0.0178. The maximum atomic E-state index is 12.0. The molecule has 1 aliphatic rings. The van der Waals surface area contributed by atoms with Crippen molar-refractivity contribution in [1.82, 2.24) is 0 Å². The predicted octanol–water partition coefficient (Wildman–Crippen LogP) is 1.83. The lowest BCUT2D eigenvalue weighted by atomic mass is 10.1. The van der Waals surface area contributed by atoms with Gasteiger partial charge in [0.05, 0.1) is 13.0 Å². The highest BCUT2D eigenvalue weighted by Gasteiger charge is 2.24. The van der Waals surface area contributed by atoms with Gasteiger partial charge in [-0.15, -0.1) is 0 Å². The standard InChI is InChI=1S/C13H16F2N2O2/c14-12(15)8-19-6-4-13(18)17-5-3-9-7-10(16)1-2-11(9)17/h1-2,7,12H,3-6,8,16H2. The molecule has 0 saturated carbocycles. The van der Waals surface area contributed by atoms with Gasteiger partial charge >= 0.3 is 0 Å². The zero-order valence-corrected chi connectivity index (χ0v) is 10.4. The van der Waals surface area contributed by atoms with E-state index in [0.29, 0.717) is 12.2 Å². The first-order valence-electron chi connectivity index (χ1n) is 6.12. The zero-order valence-electron chi connectivity index (χ0n) is 10.4. The molecule has 0 unspecified atom stereocenters. The number of amides is 1. The number of anilines is 2. The van der Waals surface area contributed by atoms with E-state index in [-0.39, 0.29) is 18.9 Å². The summed E-state index contributed by atoms with van der Waals surface area (Å²) in [6, 6.07) is 5.42. The third-order valence-electron chi connectivity index (χ3n) is 3.00. The van der Waals surface area contributed by atoms with Crippen LogP contribution in [0.2, 0.25) is 0 Å². The summed E-state index contributed by atoms with van der Waals surface area (Å²) in [4.78, 5) is 13.6. The highest BCUT2D eigenvalue weighted by molar-refractivity contribution is 5.95. The number of rotatable bonds is 5. The van der Waals surface area contributed by atoms with Crippen molar-refractivity contribution in [3.63, 3.8) is 0 Å². The van der Waals surface area contributed by atoms with Crippen molar-refractivity contribution in [2.24, 2.45) is 0 Å². The van der Waals surface area contributed by atoms with Crippen molar-refractivity contribution in [3.05, 3.63) is 23.8 Å². The first-order chi connectivity index (χ1) is 9.08. The van der Waals surface area contributed by atoms with Gasteiger partial charge in [-0.2, -0.15) is 0 Å². The van der Waals surface area contributed by atoms with Crippen molar-refractivity contribution in [1.29, 1.82) is 0 Å². The fraction of sp³-hybridized carbons (Fsp3) is 0.462. The second-order valence-electron chi connectivity index (χ2n) is 4.40. The van der Waals surface area contributed by atoms with Crippen molar-refractivity contribution < 1.29 is 18.3 Å². The van der Waals surface area contributed by atoms with Crippen LogP contribution in [0.1, 0.15) is 12.0 Å². The second-order valence-corrected chi connectivity index (χ2v) is 4.40. The van der Waals surface area contributed by atoms with Gasteiger partial charge in [-0.25, -0.2) is 8.78 Å². The van der Waals surface area contributed by atoms with Crippen LogP contribution in [0.4, 0.5) is 20.2 Å². The fourth-order valence-electron chi connectivity index (χ4n) is 2.15. The van der Waals surface area contributed by atoms with E-state index in [4.69, 9.17) is 10.5 Å². The lowest BCUT2D eigenvalue weighted by molar-refractivity contribution is -0.120. The minimum atomic E-state index is -2.49. The van der Waals surface area contributed by atoms with Crippen LogP contribution < -0.4 is 10.6 Å². The average molecular weight is 270 g/mol. The predicted molar refractivity (Wildman–Crippen MR) is 68.4 cm³/mol. The molecule has 1 aromatic rings. The molecular weight excluding hydrogens is 254 g/mol. The van der Waals surface area contributed by atoms with Gasteiger partial charge in [0.2, 0.25) is 5.91 Å². The summed E-state index contributed by atoms with van der Waals surface area (Å²) in [6.07, 6.45) is -1.62. The number of ether oxygens (including phenoxy) is 1. The van der Waals surface area contributed by atoms with Crippen LogP contribution in [-0.2, 0) is 16.0 Å². The van der Waals surface area contributed by atoms with E-state index in [0.717, 1.165) is 17.7 Å². The second kappa shape index (κ2) is 5.97. The summed E-state index contributed by atoms with van der Waals surface area (Å²) < 4.78 is 28.4. The van der Waals surface area contributed by atoms with E-state index in [1.54, 1.807) is 11.0 Å². The quantitative estimate of drug-likeness (QED) is 0.656. The van der Waals surface area contributed by atoms with Gasteiger partial charge in [-0.1, -0.05) is 0 Å². The number of nitrogen functional groups attached to an aromatic ring is 1. The normalized spacial score (nSPS) is 13.9. The van der Waals surface area contributed by atoms with Crippen LogP contribution in [-0.4, -0.2) is 32.1 Å². The molecule has 4 nitrogen and oxygen atoms in total. The monoisotopic (exact) mass is 270 g/mol. The van der Waals surface area contributed by atoms with Crippen molar-refractivity contribution >= 4 is 17.3 Å². The van der Waals surface area contributed by atoms with Crippen LogP contribution in [0.25, 0.3) is 0 Å². The molecule has 0 spiro atoms. The molecule has 0 aromatic heterocycles. The van der Waals surface area contributed by atoms with E-state index in [9.17, 15) is 13.6 Å². The number of carbonyl (C=O) groups excluding carboxylic acids is 1. The molecule has 6 heteroatoms. The topological polar surface area (TPSA) is 55.6 Å². The van der Waals surface area contributed by atoms with Gasteiger partial charge in [0.1, 0.15) is 6.61 Å². The molecule has 0 atom stereocenters. The number of nitrogens with two attached hydrogens (primary N) is 1. The summed E-state index contributed by atoms with van der Waals surface area (Å²) in [5.41, 5.74) is 8.26. The van der Waals surface area contributed by atoms with Crippen LogP contribution in [0, 0.1) is 0 Å². The van der Waals surface area contributed by atoms with Gasteiger partial charge in [0.25, 0.3) is 6.43 Å². The number of benzene rings is 1. The molecule has 0 radical (unpaired) electrons. The number of alkyl halides is 2. The Morgan fingerprint density at radius 1 is 1.47 bits per heavy atom. The molecule has 0 bridgehead atoms. The third kappa shape index (κ3) is 3.41. The van der Waals surface area contributed by atoms with Gasteiger partial charge in [0, 0.05) is 17.9 Å². The molecule has 1 aromatic carbocycles.